The van der Waals surface area contributed by atoms with Gasteiger partial charge in [0, 0.05) is 0 Å². The van der Waals surface area contributed by atoms with E-state index in [0.717, 1.165) is 18.4 Å². The van der Waals surface area contributed by atoms with E-state index in [1.165, 1.54) is 6.33 Å². The van der Waals surface area contributed by atoms with Crippen LogP contribution in [0.3, 0.4) is 0 Å². The highest BCUT2D eigenvalue weighted by molar-refractivity contribution is 5.90. The van der Waals surface area contributed by atoms with Gasteiger partial charge in [-0.05, 0) is 11.5 Å². The molecule has 1 heterocycles. The summed E-state index contributed by atoms with van der Waals surface area (Å²) in [6.07, 6.45) is 3.35. The molecular weight excluding hydrogens is 252 g/mol. The summed E-state index contributed by atoms with van der Waals surface area (Å²) in [6, 6.07) is 10.0. The van der Waals surface area contributed by atoms with Gasteiger partial charge in [0.05, 0.1) is 6.04 Å². The second kappa shape index (κ2) is 6.84. The number of carbonyl (C=O) groups excluding carboxylic acids is 1. The van der Waals surface area contributed by atoms with Crippen molar-refractivity contribution in [2.24, 2.45) is 5.92 Å². The molecule has 1 unspecified atom stereocenters. The van der Waals surface area contributed by atoms with Crippen LogP contribution in [0.25, 0.3) is 0 Å². The van der Waals surface area contributed by atoms with E-state index in [1.807, 2.05) is 30.3 Å². The van der Waals surface area contributed by atoms with Gasteiger partial charge in [-0.1, -0.05) is 57.0 Å². The lowest BCUT2D eigenvalue weighted by Crippen LogP contribution is -2.33. The third-order valence-electron chi connectivity index (χ3n) is 3.60. The fourth-order valence-corrected chi connectivity index (χ4v) is 2.42. The van der Waals surface area contributed by atoms with Gasteiger partial charge < -0.3 is 5.32 Å². The van der Waals surface area contributed by atoms with Crippen molar-refractivity contribution in [1.82, 2.24) is 20.5 Å². The number of aromatic amines is 1. The van der Waals surface area contributed by atoms with Crippen molar-refractivity contribution in [3.05, 3.63) is 48.0 Å². The summed E-state index contributed by atoms with van der Waals surface area (Å²) in [5.74, 6) is 0.421. The number of amides is 1. The third-order valence-corrected chi connectivity index (χ3v) is 3.60. The standard InChI is InChI=1S/C15H20N4O/c1-3-11(4-2)13(12-8-6-5-7-9-12)18-15(20)14-16-10-17-19-14/h5-11,13H,3-4H2,1-2H3,(H,18,20)(H,16,17,19). The lowest BCUT2D eigenvalue weighted by molar-refractivity contribution is 0.0909. The number of rotatable bonds is 6. The van der Waals surface area contributed by atoms with Crippen molar-refractivity contribution in [2.75, 3.05) is 0 Å². The average molecular weight is 272 g/mol. The molecule has 0 saturated carbocycles. The molecule has 0 fully saturated rings. The Kier molecular flexibility index (Phi) is 4.87. The summed E-state index contributed by atoms with van der Waals surface area (Å²) in [4.78, 5) is 16.1. The van der Waals surface area contributed by atoms with Gasteiger partial charge in [-0.2, -0.15) is 5.10 Å². The largest absolute Gasteiger partial charge is 0.342 e. The first-order chi connectivity index (χ1) is 9.76. The molecule has 2 N–H and O–H groups in total. The van der Waals surface area contributed by atoms with Crippen molar-refractivity contribution in [2.45, 2.75) is 32.7 Å². The SMILES string of the molecule is CCC(CC)C(NC(=O)c1ncn[nH]1)c1ccccc1. The highest BCUT2D eigenvalue weighted by atomic mass is 16.2. The molecule has 0 radical (unpaired) electrons. The molecule has 0 bridgehead atoms. The molecule has 2 aromatic rings. The van der Waals surface area contributed by atoms with Crippen LogP contribution in [-0.2, 0) is 0 Å². The van der Waals surface area contributed by atoms with Crippen LogP contribution in [0.2, 0.25) is 0 Å². The van der Waals surface area contributed by atoms with Gasteiger partial charge in [0.1, 0.15) is 6.33 Å². The second-order valence-electron chi connectivity index (χ2n) is 4.77. The fourth-order valence-electron chi connectivity index (χ4n) is 2.42. The van der Waals surface area contributed by atoms with E-state index in [-0.39, 0.29) is 17.8 Å². The Balaban J connectivity index is 2.21. The van der Waals surface area contributed by atoms with Crippen LogP contribution >= 0.6 is 0 Å². The van der Waals surface area contributed by atoms with Gasteiger partial charge in [0.15, 0.2) is 0 Å². The predicted molar refractivity (Wildman–Crippen MR) is 77.1 cm³/mol. The molecule has 0 aliphatic heterocycles. The Morgan fingerprint density at radius 1 is 1.25 bits per heavy atom. The number of hydrogen-bond donors (Lipinski definition) is 2. The number of nitrogens with one attached hydrogen (secondary N) is 2. The topological polar surface area (TPSA) is 70.7 Å². The van der Waals surface area contributed by atoms with Gasteiger partial charge in [-0.3, -0.25) is 9.89 Å². The quantitative estimate of drug-likeness (QED) is 0.849. The van der Waals surface area contributed by atoms with E-state index in [2.05, 4.69) is 34.3 Å². The lowest BCUT2D eigenvalue weighted by atomic mass is 9.89. The number of benzene rings is 1. The Morgan fingerprint density at radius 2 is 1.95 bits per heavy atom. The van der Waals surface area contributed by atoms with Crippen molar-refractivity contribution in [1.29, 1.82) is 0 Å². The van der Waals surface area contributed by atoms with Crippen molar-refractivity contribution in [3.8, 4) is 0 Å². The van der Waals surface area contributed by atoms with Crippen LogP contribution in [0.1, 0.15) is 48.9 Å². The van der Waals surface area contributed by atoms with Crippen LogP contribution in [0.4, 0.5) is 0 Å². The zero-order valence-corrected chi connectivity index (χ0v) is 11.8. The first-order valence-electron chi connectivity index (χ1n) is 6.97. The monoisotopic (exact) mass is 272 g/mol. The van der Waals surface area contributed by atoms with E-state index in [4.69, 9.17) is 0 Å². The van der Waals surface area contributed by atoms with Gasteiger partial charge >= 0.3 is 0 Å². The number of carbonyl (C=O) groups is 1. The Hall–Kier alpha value is -2.17. The Bertz CT molecular complexity index is 520. The molecule has 20 heavy (non-hydrogen) atoms. The molecule has 0 spiro atoms. The van der Waals surface area contributed by atoms with E-state index in [1.54, 1.807) is 0 Å². The molecule has 1 amide bonds. The van der Waals surface area contributed by atoms with Crippen molar-refractivity contribution in [3.63, 3.8) is 0 Å². The summed E-state index contributed by atoms with van der Waals surface area (Å²) < 4.78 is 0. The van der Waals surface area contributed by atoms with Crippen LogP contribution in [0.5, 0.6) is 0 Å². The van der Waals surface area contributed by atoms with Crippen molar-refractivity contribution >= 4 is 5.91 Å². The molecule has 0 saturated heterocycles. The van der Waals surface area contributed by atoms with Crippen LogP contribution in [-0.4, -0.2) is 21.1 Å². The third kappa shape index (κ3) is 3.23. The van der Waals surface area contributed by atoms with Crippen LogP contribution < -0.4 is 5.32 Å². The van der Waals surface area contributed by atoms with Crippen LogP contribution in [0.15, 0.2) is 36.7 Å². The maximum Gasteiger partial charge on any atom is 0.289 e. The molecule has 1 aromatic carbocycles. The zero-order chi connectivity index (χ0) is 14.4. The molecule has 0 aliphatic rings. The maximum atomic E-state index is 12.2. The van der Waals surface area contributed by atoms with E-state index in [9.17, 15) is 4.79 Å². The maximum absolute atomic E-state index is 12.2. The minimum Gasteiger partial charge on any atom is -0.342 e. The molecule has 106 valence electrons. The molecular formula is C15H20N4O. The molecule has 5 heteroatoms. The van der Waals surface area contributed by atoms with Crippen LogP contribution in [0, 0.1) is 5.92 Å². The number of aromatic nitrogens is 3. The lowest BCUT2D eigenvalue weighted by Gasteiger charge is -2.26. The number of hydrogen-bond acceptors (Lipinski definition) is 3. The first-order valence-corrected chi connectivity index (χ1v) is 6.97. The minimum absolute atomic E-state index is 0.0104. The predicted octanol–water partition coefficient (Wildman–Crippen LogP) is 2.71. The minimum atomic E-state index is -0.219. The van der Waals surface area contributed by atoms with Gasteiger partial charge in [0.25, 0.3) is 5.91 Å². The summed E-state index contributed by atoms with van der Waals surface area (Å²) in [7, 11) is 0. The average Bonchev–Trinajstić information content (AvgIpc) is 3.02. The smallest absolute Gasteiger partial charge is 0.289 e. The molecule has 1 atom stereocenters. The second-order valence-corrected chi connectivity index (χ2v) is 4.77. The van der Waals surface area contributed by atoms with E-state index < -0.39 is 0 Å². The van der Waals surface area contributed by atoms with E-state index >= 15 is 0 Å². The summed E-state index contributed by atoms with van der Waals surface area (Å²) in [6.45, 7) is 4.29. The Morgan fingerprint density at radius 3 is 2.50 bits per heavy atom. The summed E-state index contributed by atoms with van der Waals surface area (Å²) in [5.41, 5.74) is 1.12. The first kappa shape index (κ1) is 14.2. The summed E-state index contributed by atoms with van der Waals surface area (Å²) >= 11 is 0. The number of H-pyrrole nitrogens is 1. The Labute approximate surface area is 118 Å². The van der Waals surface area contributed by atoms with Gasteiger partial charge in [0.2, 0.25) is 5.82 Å². The van der Waals surface area contributed by atoms with Gasteiger partial charge in [-0.15, -0.1) is 0 Å². The highest BCUT2D eigenvalue weighted by Crippen LogP contribution is 2.27. The highest BCUT2D eigenvalue weighted by Gasteiger charge is 2.23. The molecule has 1 aromatic heterocycles. The van der Waals surface area contributed by atoms with E-state index in [0.29, 0.717) is 5.92 Å². The van der Waals surface area contributed by atoms with Gasteiger partial charge in [-0.25, -0.2) is 4.98 Å². The molecule has 5 nitrogen and oxygen atoms in total. The zero-order valence-electron chi connectivity index (χ0n) is 11.8. The molecule has 2 rings (SSSR count). The van der Waals surface area contributed by atoms with Crippen molar-refractivity contribution < 1.29 is 4.79 Å². The number of nitrogens with zero attached hydrogens (tertiary/aromatic N) is 2. The normalized spacial score (nSPS) is 12.3. The fraction of sp³-hybridized carbons (Fsp3) is 0.400. The summed E-state index contributed by atoms with van der Waals surface area (Å²) in [5, 5.41) is 9.37. The molecule has 0 aliphatic carbocycles.